The van der Waals surface area contributed by atoms with Crippen LogP contribution in [0.25, 0.3) is 0 Å². The number of hydrogen-bond donors (Lipinski definition) is 6. The highest BCUT2D eigenvalue weighted by molar-refractivity contribution is 5.89. The molecule has 0 aliphatic heterocycles. The lowest BCUT2D eigenvalue weighted by Gasteiger charge is -2.28. The van der Waals surface area contributed by atoms with Gasteiger partial charge in [-0.3, -0.25) is 4.79 Å². The maximum atomic E-state index is 12.7. The van der Waals surface area contributed by atoms with Crippen LogP contribution < -0.4 is 35.9 Å². The molecular formula is C31H40N4O7. The molecule has 0 saturated heterocycles. The van der Waals surface area contributed by atoms with Gasteiger partial charge in [0, 0.05) is 18.6 Å². The third-order valence-electron chi connectivity index (χ3n) is 6.65. The van der Waals surface area contributed by atoms with Gasteiger partial charge in [0.25, 0.3) is 0 Å². The minimum atomic E-state index is -0.890. The highest BCUT2D eigenvalue weighted by Crippen LogP contribution is 2.38. The summed E-state index contributed by atoms with van der Waals surface area (Å²) in [5.74, 6) is 1.26. The Labute approximate surface area is 246 Å². The first-order valence-corrected chi connectivity index (χ1v) is 13.4. The molecule has 0 fully saturated rings. The van der Waals surface area contributed by atoms with E-state index in [1.54, 1.807) is 32.4 Å². The van der Waals surface area contributed by atoms with E-state index in [-0.39, 0.29) is 35.8 Å². The predicted octanol–water partition coefficient (Wildman–Crippen LogP) is 3.41. The van der Waals surface area contributed by atoms with Crippen LogP contribution in [-0.2, 0) is 24.2 Å². The topological polar surface area (TPSA) is 164 Å². The molecule has 1 unspecified atom stereocenters. The summed E-state index contributed by atoms with van der Waals surface area (Å²) in [7, 11) is 4.63. The van der Waals surface area contributed by atoms with Crippen molar-refractivity contribution in [3.63, 3.8) is 0 Å². The number of primary amides is 1. The zero-order valence-corrected chi connectivity index (χ0v) is 24.6. The highest BCUT2D eigenvalue weighted by atomic mass is 16.5. The van der Waals surface area contributed by atoms with Crippen LogP contribution in [0.1, 0.15) is 42.2 Å². The average molecular weight is 581 g/mol. The number of ether oxygens (including phenoxy) is 3. The van der Waals surface area contributed by atoms with Crippen molar-refractivity contribution in [3.8, 4) is 23.0 Å². The molecule has 0 aliphatic rings. The van der Waals surface area contributed by atoms with Crippen molar-refractivity contribution in [2.45, 2.75) is 44.9 Å². The number of amides is 3. The fourth-order valence-corrected chi connectivity index (χ4v) is 4.59. The van der Waals surface area contributed by atoms with Crippen LogP contribution in [0.15, 0.2) is 54.6 Å². The van der Waals surface area contributed by atoms with E-state index in [4.69, 9.17) is 19.9 Å². The van der Waals surface area contributed by atoms with Crippen LogP contribution in [0.2, 0.25) is 0 Å². The van der Waals surface area contributed by atoms with Crippen molar-refractivity contribution < 1.29 is 34.0 Å². The molecule has 3 amide bonds. The van der Waals surface area contributed by atoms with Crippen LogP contribution in [0.4, 0.5) is 10.5 Å². The Hall–Kier alpha value is -4.48. The number of nitrogens with one attached hydrogen (secondary N) is 3. The summed E-state index contributed by atoms with van der Waals surface area (Å²) in [6, 6.07) is 15.1. The number of carbonyl (C=O) groups is 2. The van der Waals surface area contributed by atoms with Crippen LogP contribution in [0, 0.1) is 0 Å². The summed E-state index contributed by atoms with van der Waals surface area (Å²) in [4.78, 5) is 23.9. The van der Waals surface area contributed by atoms with E-state index in [2.05, 4.69) is 16.0 Å². The second kappa shape index (κ2) is 14.4. The van der Waals surface area contributed by atoms with Gasteiger partial charge in [0.15, 0.2) is 11.5 Å². The number of anilines is 1. The molecule has 3 rings (SSSR count). The molecule has 3 aromatic rings. The fraction of sp³-hybridized carbons (Fsp3) is 0.355. The number of β-amino-alcohol motifs (C(OH)–C–C–N with tert-alkyl or cyclic N) is 1. The molecule has 11 heteroatoms. The lowest BCUT2D eigenvalue weighted by atomic mass is 9.93. The monoisotopic (exact) mass is 580 g/mol. The van der Waals surface area contributed by atoms with Crippen molar-refractivity contribution in [2.24, 2.45) is 5.73 Å². The number of rotatable bonds is 14. The molecule has 3 aromatic carbocycles. The summed E-state index contributed by atoms with van der Waals surface area (Å²) >= 11 is 0. The van der Waals surface area contributed by atoms with E-state index in [9.17, 15) is 19.8 Å². The van der Waals surface area contributed by atoms with Gasteiger partial charge in [0.05, 0.1) is 39.5 Å². The quantitative estimate of drug-likeness (QED) is 0.158. The van der Waals surface area contributed by atoms with Crippen LogP contribution in [-0.4, -0.2) is 55.6 Å². The van der Waals surface area contributed by atoms with Crippen LogP contribution in [0.5, 0.6) is 23.0 Å². The van der Waals surface area contributed by atoms with Crippen LogP contribution >= 0.6 is 0 Å². The Kier molecular flexibility index (Phi) is 11.0. The standard InChI is InChI=1S/C31H40N4O7/c1-31(2,34-18-25(37)22-9-10-24(36)23(15-22)35-30(32)39)16-20-8-6-7-19(11-20)14-28(38)33-17-21-12-26(40-3)29(42-5)27(13-21)41-4/h6-13,15,25,34,36-37H,14,16-18H2,1-5H3,(H,33,38)(H3,32,35,39). The van der Waals surface area contributed by atoms with E-state index in [0.717, 1.165) is 16.7 Å². The Morgan fingerprint density at radius 3 is 2.21 bits per heavy atom. The lowest BCUT2D eigenvalue weighted by Crippen LogP contribution is -2.43. The number of phenolic OH excluding ortho intramolecular Hbond substituents is 1. The lowest BCUT2D eigenvalue weighted by molar-refractivity contribution is -0.120. The summed E-state index contributed by atoms with van der Waals surface area (Å²) in [5.41, 5.74) is 8.12. The number of hydrogen-bond acceptors (Lipinski definition) is 8. The Balaban J connectivity index is 1.56. The molecule has 1 atom stereocenters. The molecule has 11 nitrogen and oxygen atoms in total. The number of aliphatic hydroxyl groups is 1. The first-order valence-electron chi connectivity index (χ1n) is 13.4. The number of carbonyl (C=O) groups excluding carboxylic acids is 2. The Bertz CT molecular complexity index is 1370. The molecule has 0 bridgehead atoms. The van der Waals surface area contributed by atoms with E-state index in [1.807, 2.05) is 38.1 Å². The van der Waals surface area contributed by atoms with Gasteiger partial charge in [-0.2, -0.15) is 0 Å². The number of aliphatic hydroxyl groups excluding tert-OH is 1. The van der Waals surface area contributed by atoms with Gasteiger partial charge in [-0.25, -0.2) is 4.79 Å². The molecule has 0 spiro atoms. The van der Waals surface area contributed by atoms with Crippen molar-refractivity contribution >= 4 is 17.6 Å². The number of methoxy groups -OCH3 is 3. The molecule has 0 heterocycles. The van der Waals surface area contributed by atoms with Crippen molar-refractivity contribution in [1.82, 2.24) is 10.6 Å². The predicted molar refractivity (Wildman–Crippen MR) is 160 cm³/mol. The van der Waals surface area contributed by atoms with E-state index < -0.39 is 12.1 Å². The average Bonchev–Trinajstić information content (AvgIpc) is 2.95. The van der Waals surface area contributed by atoms with Crippen molar-refractivity contribution in [2.75, 3.05) is 33.2 Å². The molecule has 0 saturated carbocycles. The molecular weight excluding hydrogens is 540 g/mol. The summed E-state index contributed by atoms with van der Waals surface area (Å²) in [5, 5.41) is 29.3. The molecule has 42 heavy (non-hydrogen) atoms. The maximum absolute atomic E-state index is 12.7. The number of nitrogens with two attached hydrogens (primary N) is 1. The number of aromatic hydroxyl groups is 1. The minimum absolute atomic E-state index is 0.125. The third-order valence-corrected chi connectivity index (χ3v) is 6.65. The summed E-state index contributed by atoms with van der Waals surface area (Å²) < 4.78 is 16.1. The van der Waals surface area contributed by atoms with E-state index >= 15 is 0 Å². The maximum Gasteiger partial charge on any atom is 0.316 e. The van der Waals surface area contributed by atoms with Gasteiger partial charge in [-0.05, 0) is 66.8 Å². The fourth-order valence-electron chi connectivity index (χ4n) is 4.59. The third kappa shape index (κ3) is 9.02. The zero-order chi connectivity index (χ0) is 30.9. The summed E-state index contributed by atoms with van der Waals surface area (Å²) in [6.45, 7) is 4.58. The highest BCUT2D eigenvalue weighted by Gasteiger charge is 2.21. The zero-order valence-electron chi connectivity index (χ0n) is 24.6. The molecule has 0 aliphatic carbocycles. The smallest absolute Gasteiger partial charge is 0.316 e. The number of phenols is 1. The molecule has 0 radical (unpaired) electrons. The molecule has 226 valence electrons. The van der Waals surface area contributed by atoms with Gasteiger partial charge in [0.1, 0.15) is 5.75 Å². The second-order valence-corrected chi connectivity index (χ2v) is 10.5. The SMILES string of the molecule is COc1cc(CNC(=O)Cc2cccc(CC(C)(C)NCC(O)c3ccc(O)c(NC(N)=O)c3)c2)cc(OC)c1OC. The Morgan fingerprint density at radius 1 is 0.929 bits per heavy atom. The van der Waals surface area contributed by atoms with E-state index in [1.165, 1.54) is 19.2 Å². The van der Waals surface area contributed by atoms with Gasteiger partial charge >= 0.3 is 6.03 Å². The first-order chi connectivity index (χ1) is 19.9. The van der Waals surface area contributed by atoms with Gasteiger partial charge in [0.2, 0.25) is 11.7 Å². The van der Waals surface area contributed by atoms with Gasteiger partial charge in [-0.1, -0.05) is 30.3 Å². The van der Waals surface area contributed by atoms with Crippen molar-refractivity contribution in [3.05, 3.63) is 76.9 Å². The van der Waals surface area contributed by atoms with Crippen LogP contribution in [0.3, 0.4) is 0 Å². The number of benzene rings is 3. The Morgan fingerprint density at radius 2 is 1.60 bits per heavy atom. The number of urea groups is 1. The van der Waals surface area contributed by atoms with E-state index in [0.29, 0.717) is 35.8 Å². The second-order valence-electron chi connectivity index (χ2n) is 10.5. The van der Waals surface area contributed by atoms with Gasteiger partial charge in [-0.15, -0.1) is 0 Å². The minimum Gasteiger partial charge on any atom is -0.506 e. The summed E-state index contributed by atoms with van der Waals surface area (Å²) in [6.07, 6.45) is -0.0307. The normalized spacial score (nSPS) is 11.9. The first kappa shape index (κ1) is 32.0. The van der Waals surface area contributed by atoms with Crippen molar-refractivity contribution in [1.29, 1.82) is 0 Å². The van der Waals surface area contributed by atoms with Gasteiger partial charge < -0.3 is 46.1 Å². The largest absolute Gasteiger partial charge is 0.506 e. The molecule has 0 aromatic heterocycles. The molecule has 7 N–H and O–H groups in total.